The fourth-order valence-electron chi connectivity index (χ4n) is 6.22. The number of urea groups is 1. The molecule has 0 bridgehead atoms. The van der Waals surface area contributed by atoms with E-state index in [0.29, 0.717) is 29.9 Å². The number of rotatable bonds is 11. The molecule has 3 aliphatic rings. The standard InChI is InChI=1S/C35H48N6O8S/c1-9-21-18-35(21,31(44)40-50(46,47)24-11-12-24)38-28(42)26-17-23(49-29-25-13-10-22(48-8)16-20(25)14-15-36-29)19-41(26)30(43)27(33(2,3)4)37-32(45)39-34(5,6)7/h9-10,13-16,21,23-24,26-27H,1,11-12,17-19H2,2-8H3,(H,38,42)(H,40,44)(H2,37,39,45)/t21-,23-,26+,27-,35?/m1/s1. The van der Waals surface area contributed by atoms with Crippen molar-refractivity contribution in [1.82, 2.24) is 30.6 Å². The number of benzene rings is 1. The minimum Gasteiger partial charge on any atom is -0.497 e. The number of pyridine rings is 1. The SMILES string of the molecule is C=C[C@@H]1CC1(NC(=O)[C@@H]1C[C@@H](Oc2nccc3cc(OC)ccc23)CN1C(=O)[C@@H](NC(=O)NC(C)(C)C)C(C)(C)C)C(=O)NS(=O)(=O)C1CC1. The number of sulfonamides is 1. The molecule has 0 spiro atoms. The second kappa shape index (κ2) is 13.4. The molecule has 2 saturated carbocycles. The molecule has 14 nitrogen and oxygen atoms in total. The maximum Gasteiger partial charge on any atom is 0.315 e. The largest absolute Gasteiger partial charge is 0.497 e. The smallest absolute Gasteiger partial charge is 0.315 e. The first kappa shape index (κ1) is 36.9. The molecule has 5 rings (SSSR count). The molecule has 1 aromatic heterocycles. The predicted octanol–water partition coefficient (Wildman–Crippen LogP) is 2.77. The Bertz CT molecular complexity index is 1800. The fourth-order valence-corrected chi connectivity index (χ4v) is 7.59. The van der Waals surface area contributed by atoms with E-state index in [2.05, 4.69) is 32.2 Å². The minimum atomic E-state index is -3.89. The number of ether oxygens (including phenoxy) is 2. The summed E-state index contributed by atoms with van der Waals surface area (Å²) in [5, 5.41) is 9.29. The van der Waals surface area contributed by atoms with Crippen molar-refractivity contribution in [3.63, 3.8) is 0 Å². The van der Waals surface area contributed by atoms with E-state index >= 15 is 0 Å². The summed E-state index contributed by atoms with van der Waals surface area (Å²) in [6.45, 7) is 14.6. The lowest BCUT2D eigenvalue weighted by Crippen LogP contribution is -2.61. The maximum absolute atomic E-state index is 14.4. The van der Waals surface area contributed by atoms with E-state index in [1.807, 2.05) is 39.0 Å². The average molecular weight is 713 g/mol. The Morgan fingerprint density at radius 3 is 2.38 bits per heavy atom. The summed E-state index contributed by atoms with van der Waals surface area (Å²) in [5.41, 5.74) is -2.89. The summed E-state index contributed by atoms with van der Waals surface area (Å²) < 4.78 is 39.2. The molecule has 5 amide bonds. The van der Waals surface area contributed by atoms with Crippen LogP contribution in [-0.4, -0.2) is 90.2 Å². The number of carbonyl (C=O) groups excluding carboxylic acids is 4. The highest BCUT2D eigenvalue weighted by Gasteiger charge is 2.62. The van der Waals surface area contributed by atoms with Crippen LogP contribution in [0, 0.1) is 11.3 Å². The molecule has 1 aromatic carbocycles. The first-order valence-corrected chi connectivity index (χ1v) is 18.3. The molecule has 1 saturated heterocycles. The molecule has 4 N–H and O–H groups in total. The van der Waals surface area contributed by atoms with Crippen molar-refractivity contribution >= 4 is 44.5 Å². The number of nitrogens with zero attached hydrogens (tertiary/aromatic N) is 2. The van der Waals surface area contributed by atoms with Gasteiger partial charge in [0.15, 0.2) is 0 Å². The third-order valence-corrected chi connectivity index (χ3v) is 11.0. The Morgan fingerprint density at radius 1 is 1.10 bits per heavy atom. The molecule has 1 aliphatic heterocycles. The number of aromatic nitrogens is 1. The van der Waals surface area contributed by atoms with Crippen LogP contribution in [-0.2, 0) is 24.4 Å². The highest BCUT2D eigenvalue weighted by molar-refractivity contribution is 7.91. The normalized spacial score (nSPS) is 24.1. The van der Waals surface area contributed by atoms with Gasteiger partial charge >= 0.3 is 6.03 Å². The molecule has 3 fully saturated rings. The van der Waals surface area contributed by atoms with E-state index in [0.717, 1.165) is 5.39 Å². The summed E-state index contributed by atoms with van der Waals surface area (Å²) in [4.78, 5) is 60.9. The van der Waals surface area contributed by atoms with Crippen LogP contribution in [0.4, 0.5) is 4.79 Å². The average Bonchev–Trinajstić information content (AvgIpc) is 3.95. The van der Waals surface area contributed by atoms with Gasteiger partial charge in [0.05, 0.1) is 18.9 Å². The van der Waals surface area contributed by atoms with Gasteiger partial charge in [0, 0.05) is 29.5 Å². The second-order valence-corrected chi connectivity index (χ2v) is 17.5. The first-order valence-electron chi connectivity index (χ1n) is 16.8. The van der Waals surface area contributed by atoms with Crippen LogP contribution in [0.1, 0.15) is 67.2 Å². The van der Waals surface area contributed by atoms with Crippen LogP contribution < -0.4 is 30.1 Å². The van der Waals surface area contributed by atoms with E-state index in [-0.39, 0.29) is 19.4 Å². The van der Waals surface area contributed by atoms with Gasteiger partial charge in [-0.25, -0.2) is 18.2 Å². The Balaban J connectivity index is 1.44. The van der Waals surface area contributed by atoms with Crippen LogP contribution in [0.5, 0.6) is 11.6 Å². The fraction of sp³-hybridized carbons (Fsp3) is 0.571. The summed E-state index contributed by atoms with van der Waals surface area (Å²) in [6, 6.07) is 4.51. The van der Waals surface area contributed by atoms with Crippen LogP contribution in [0.25, 0.3) is 10.8 Å². The Kier molecular flexibility index (Phi) is 9.87. The third kappa shape index (κ3) is 7.98. The minimum absolute atomic E-state index is 0.0273. The van der Waals surface area contributed by atoms with Gasteiger partial charge in [-0.1, -0.05) is 26.8 Å². The number of hydrogen-bond acceptors (Lipinski definition) is 9. The number of fused-ring (bicyclic) bond motifs is 1. The van der Waals surface area contributed by atoms with E-state index in [1.165, 1.54) is 11.0 Å². The topological polar surface area (TPSA) is 185 Å². The molecule has 2 aliphatic carbocycles. The maximum atomic E-state index is 14.4. The van der Waals surface area contributed by atoms with Gasteiger partial charge in [0.25, 0.3) is 5.91 Å². The Labute approximate surface area is 293 Å². The van der Waals surface area contributed by atoms with Crippen molar-refractivity contribution in [2.45, 2.75) is 102 Å². The van der Waals surface area contributed by atoms with Crippen molar-refractivity contribution in [1.29, 1.82) is 0 Å². The lowest BCUT2D eigenvalue weighted by molar-refractivity contribution is -0.142. The quantitative estimate of drug-likeness (QED) is 0.255. The second-order valence-electron chi connectivity index (χ2n) is 15.5. The van der Waals surface area contributed by atoms with Crippen molar-refractivity contribution in [2.24, 2.45) is 11.3 Å². The molecule has 5 atom stereocenters. The van der Waals surface area contributed by atoms with Crippen LogP contribution in [0.2, 0.25) is 0 Å². The van der Waals surface area contributed by atoms with Gasteiger partial charge in [0.1, 0.15) is 29.5 Å². The molecule has 0 radical (unpaired) electrons. The Hall–Kier alpha value is -4.40. The summed E-state index contributed by atoms with van der Waals surface area (Å²) in [5.74, 6) is -1.57. The first-order chi connectivity index (χ1) is 23.3. The van der Waals surface area contributed by atoms with E-state index in [4.69, 9.17) is 9.47 Å². The highest BCUT2D eigenvalue weighted by atomic mass is 32.2. The summed E-state index contributed by atoms with van der Waals surface area (Å²) in [7, 11) is -2.32. The number of hydrogen-bond donors (Lipinski definition) is 4. The van der Waals surface area contributed by atoms with Gasteiger partial charge in [-0.15, -0.1) is 6.58 Å². The van der Waals surface area contributed by atoms with Gasteiger partial charge < -0.3 is 30.3 Å². The summed E-state index contributed by atoms with van der Waals surface area (Å²) >= 11 is 0. The number of carbonyl (C=O) groups is 4. The predicted molar refractivity (Wildman–Crippen MR) is 187 cm³/mol. The van der Waals surface area contributed by atoms with Gasteiger partial charge in [-0.2, -0.15) is 0 Å². The van der Waals surface area contributed by atoms with Gasteiger partial charge in [-0.3, -0.25) is 19.1 Å². The van der Waals surface area contributed by atoms with Gasteiger partial charge in [-0.05, 0) is 75.1 Å². The van der Waals surface area contributed by atoms with Crippen LogP contribution in [0.15, 0.2) is 43.1 Å². The van der Waals surface area contributed by atoms with E-state index < -0.39 is 79.6 Å². The van der Waals surface area contributed by atoms with Crippen LogP contribution >= 0.6 is 0 Å². The number of amides is 5. The molecule has 2 aromatic rings. The molecule has 50 heavy (non-hydrogen) atoms. The lowest BCUT2D eigenvalue weighted by Gasteiger charge is -2.36. The van der Waals surface area contributed by atoms with Crippen molar-refractivity contribution in [2.75, 3.05) is 13.7 Å². The number of nitrogens with one attached hydrogen (secondary N) is 4. The van der Waals surface area contributed by atoms with Crippen molar-refractivity contribution in [3.05, 3.63) is 43.1 Å². The van der Waals surface area contributed by atoms with Crippen LogP contribution in [0.3, 0.4) is 0 Å². The molecule has 15 heteroatoms. The third-order valence-electron chi connectivity index (χ3n) is 9.19. The highest BCUT2D eigenvalue weighted by Crippen LogP contribution is 2.45. The van der Waals surface area contributed by atoms with E-state index in [1.54, 1.807) is 40.1 Å². The van der Waals surface area contributed by atoms with Crippen molar-refractivity contribution in [3.8, 4) is 11.6 Å². The molecule has 272 valence electrons. The lowest BCUT2D eigenvalue weighted by atomic mass is 9.85. The molecule has 2 heterocycles. The zero-order valence-corrected chi connectivity index (χ0v) is 30.5. The number of likely N-dealkylation sites (tertiary alicyclic amines) is 1. The zero-order chi connectivity index (χ0) is 36.8. The van der Waals surface area contributed by atoms with Crippen molar-refractivity contribution < 1.29 is 37.1 Å². The molecule has 1 unspecified atom stereocenters. The van der Waals surface area contributed by atoms with Gasteiger partial charge in [0.2, 0.25) is 27.7 Å². The summed E-state index contributed by atoms with van der Waals surface area (Å²) in [6.07, 6.45) is 3.50. The number of methoxy groups -OCH3 is 1. The molecular weight excluding hydrogens is 664 g/mol. The zero-order valence-electron chi connectivity index (χ0n) is 29.7. The Morgan fingerprint density at radius 2 is 1.80 bits per heavy atom. The monoisotopic (exact) mass is 712 g/mol. The van der Waals surface area contributed by atoms with E-state index in [9.17, 15) is 27.6 Å². The molecular formula is C35H48N6O8S.